The van der Waals surface area contributed by atoms with Crippen molar-refractivity contribution in [2.24, 2.45) is 0 Å². The van der Waals surface area contributed by atoms with Crippen LogP contribution in [-0.2, 0) is 17.4 Å². The summed E-state index contributed by atoms with van der Waals surface area (Å²) in [6.07, 6.45) is -6.45. The minimum absolute atomic E-state index is 0.0697. The molecular formula is C10H8F4O. The molecular weight excluding hydrogens is 212 g/mol. The first-order chi connectivity index (χ1) is 6.93. The van der Waals surface area contributed by atoms with Crippen LogP contribution in [0.4, 0.5) is 17.6 Å². The molecule has 0 amide bonds. The summed E-state index contributed by atoms with van der Waals surface area (Å²) < 4.78 is 49.3. The Morgan fingerprint density at radius 3 is 2.53 bits per heavy atom. The lowest BCUT2D eigenvalue weighted by Crippen LogP contribution is -2.09. The molecule has 0 aliphatic heterocycles. The van der Waals surface area contributed by atoms with Crippen LogP contribution in [0.5, 0.6) is 0 Å². The van der Waals surface area contributed by atoms with Gasteiger partial charge in [-0.05, 0) is 11.6 Å². The van der Waals surface area contributed by atoms with E-state index in [0.717, 1.165) is 12.1 Å². The highest BCUT2D eigenvalue weighted by Gasteiger charge is 2.30. The van der Waals surface area contributed by atoms with Crippen LogP contribution in [0, 0.1) is 0 Å². The maximum atomic E-state index is 12.6. The van der Waals surface area contributed by atoms with Gasteiger partial charge in [0.2, 0.25) is 0 Å². The molecule has 0 saturated carbocycles. The van der Waals surface area contributed by atoms with Gasteiger partial charge in [-0.2, -0.15) is 13.2 Å². The monoisotopic (exact) mass is 220 g/mol. The number of benzene rings is 1. The van der Waals surface area contributed by atoms with Gasteiger partial charge in [0.1, 0.15) is 0 Å². The second-order valence-electron chi connectivity index (χ2n) is 3.05. The number of rotatable bonds is 3. The number of hydrogen-bond acceptors (Lipinski definition) is 1. The van der Waals surface area contributed by atoms with Gasteiger partial charge in [-0.25, -0.2) is 4.39 Å². The van der Waals surface area contributed by atoms with E-state index < -0.39 is 17.9 Å². The molecule has 0 unspecified atom stereocenters. The van der Waals surface area contributed by atoms with E-state index in [9.17, 15) is 22.4 Å². The molecule has 0 spiro atoms. The molecule has 0 aliphatic carbocycles. The van der Waals surface area contributed by atoms with Crippen molar-refractivity contribution in [3.8, 4) is 0 Å². The molecule has 0 heterocycles. The SMILES string of the molecule is O=C[C@H](F)Cc1cccc(C(F)(F)F)c1. The van der Waals surface area contributed by atoms with Gasteiger partial charge in [0.25, 0.3) is 0 Å². The zero-order valence-electron chi connectivity index (χ0n) is 7.59. The van der Waals surface area contributed by atoms with Gasteiger partial charge >= 0.3 is 6.18 Å². The van der Waals surface area contributed by atoms with Gasteiger partial charge in [0.15, 0.2) is 12.5 Å². The van der Waals surface area contributed by atoms with Crippen molar-refractivity contribution in [1.82, 2.24) is 0 Å². The Balaban J connectivity index is 2.88. The second-order valence-corrected chi connectivity index (χ2v) is 3.05. The fourth-order valence-electron chi connectivity index (χ4n) is 1.15. The van der Waals surface area contributed by atoms with Crippen LogP contribution < -0.4 is 0 Å². The van der Waals surface area contributed by atoms with Gasteiger partial charge in [-0.3, -0.25) is 0 Å². The van der Waals surface area contributed by atoms with Gasteiger partial charge in [-0.15, -0.1) is 0 Å². The van der Waals surface area contributed by atoms with Crippen molar-refractivity contribution in [1.29, 1.82) is 0 Å². The molecule has 5 heteroatoms. The Morgan fingerprint density at radius 1 is 1.33 bits per heavy atom. The molecule has 1 atom stereocenters. The molecule has 0 aliphatic rings. The average Bonchev–Trinajstić information content (AvgIpc) is 2.17. The molecule has 1 aromatic rings. The average molecular weight is 220 g/mol. The van der Waals surface area contributed by atoms with Crippen molar-refractivity contribution >= 4 is 6.29 Å². The third-order valence-electron chi connectivity index (χ3n) is 1.83. The summed E-state index contributed by atoms with van der Waals surface area (Å²) in [4.78, 5) is 9.99. The Hall–Kier alpha value is -1.39. The molecule has 82 valence electrons. The van der Waals surface area contributed by atoms with Crippen LogP contribution in [0.1, 0.15) is 11.1 Å². The van der Waals surface area contributed by atoms with E-state index in [1.807, 2.05) is 0 Å². The molecule has 0 N–H and O–H groups in total. The third-order valence-corrected chi connectivity index (χ3v) is 1.83. The number of halogens is 4. The van der Waals surface area contributed by atoms with Crippen LogP contribution >= 0.6 is 0 Å². The normalized spacial score (nSPS) is 13.6. The van der Waals surface area contributed by atoms with Crippen molar-refractivity contribution < 1.29 is 22.4 Å². The molecule has 0 fully saturated rings. The van der Waals surface area contributed by atoms with Crippen LogP contribution in [0.3, 0.4) is 0 Å². The summed E-state index contributed by atoms with van der Waals surface area (Å²) >= 11 is 0. The molecule has 1 nitrogen and oxygen atoms in total. The first-order valence-corrected chi connectivity index (χ1v) is 4.19. The van der Waals surface area contributed by atoms with Crippen LogP contribution in [0.25, 0.3) is 0 Å². The number of carbonyl (C=O) groups excluding carboxylic acids is 1. The van der Waals surface area contributed by atoms with Crippen LogP contribution in [-0.4, -0.2) is 12.5 Å². The maximum absolute atomic E-state index is 12.6. The molecule has 0 radical (unpaired) electrons. The first kappa shape index (κ1) is 11.7. The molecule has 0 bridgehead atoms. The van der Waals surface area contributed by atoms with Gasteiger partial charge < -0.3 is 4.79 Å². The number of alkyl halides is 4. The summed E-state index contributed by atoms with van der Waals surface area (Å²) in [5.41, 5.74) is -0.678. The maximum Gasteiger partial charge on any atom is 0.416 e. The van der Waals surface area contributed by atoms with E-state index in [2.05, 4.69) is 0 Å². The lowest BCUT2D eigenvalue weighted by atomic mass is 10.1. The van der Waals surface area contributed by atoms with E-state index in [1.165, 1.54) is 12.1 Å². The molecule has 1 aromatic carbocycles. The summed E-state index contributed by atoms with van der Waals surface area (Å²) in [6, 6.07) is 4.29. The van der Waals surface area contributed by atoms with Gasteiger partial charge in [0, 0.05) is 6.42 Å². The van der Waals surface area contributed by atoms with Crippen molar-refractivity contribution in [2.45, 2.75) is 18.8 Å². The van der Waals surface area contributed by atoms with Crippen molar-refractivity contribution in [3.05, 3.63) is 35.4 Å². The van der Waals surface area contributed by atoms with E-state index in [0.29, 0.717) is 0 Å². The fraction of sp³-hybridized carbons (Fsp3) is 0.300. The smallest absolute Gasteiger partial charge is 0.300 e. The van der Waals surface area contributed by atoms with Gasteiger partial charge in [-0.1, -0.05) is 18.2 Å². The van der Waals surface area contributed by atoms with Crippen LogP contribution in [0.15, 0.2) is 24.3 Å². The zero-order valence-corrected chi connectivity index (χ0v) is 7.59. The Morgan fingerprint density at radius 2 is 2.00 bits per heavy atom. The lowest BCUT2D eigenvalue weighted by molar-refractivity contribution is -0.137. The lowest BCUT2D eigenvalue weighted by Gasteiger charge is -2.08. The summed E-state index contributed by atoms with van der Waals surface area (Å²) in [6.45, 7) is 0. The van der Waals surface area contributed by atoms with E-state index >= 15 is 0 Å². The van der Waals surface area contributed by atoms with E-state index in [4.69, 9.17) is 0 Å². The highest BCUT2D eigenvalue weighted by Crippen LogP contribution is 2.29. The highest BCUT2D eigenvalue weighted by molar-refractivity contribution is 5.56. The van der Waals surface area contributed by atoms with Crippen molar-refractivity contribution in [2.75, 3.05) is 0 Å². The minimum atomic E-state index is -4.44. The Bertz CT molecular complexity index is 346. The highest BCUT2D eigenvalue weighted by atomic mass is 19.4. The number of aldehydes is 1. The molecule has 1 rings (SSSR count). The van der Waals surface area contributed by atoms with E-state index in [-0.39, 0.29) is 18.3 Å². The first-order valence-electron chi connectivity index (χ1n) is 4.19. The molecule has 15 heavy (non-hydrogen) atoms. The summed E-state index contributed by atoms with van der Waals surface area (Å²) in [7, 11) is 0. The van der Waals surface area contributed by atoms with E-state index in [1.54, 1.807) is 0 Å². The zero-order chi connectivity index (χ0) is 11.5. The topological polar surface area (TPSA) is 17.1 Å². The largest absolute Gasteiger partial charge is 0.416 e. The molecule has 0 aromatic heterocycles. The number of hydrogen-bond donors (Lipinski definition) is 0. The minimum Gasteiger partial charge on any atom is -0.300 e. The Kier molecular flexibility index (Phi) is 3.44. The quantitative estimate of drug-likeness (QED) is 0.565. The van der Waals surface area contributed by atoms with Crippen LogP contribution in [0.2, 0.25) is 0 Å². The predicted molar refractivity (Wildman–Crippen MR) is 46.1 cm³/mol. The summed E-state index contributed by atoms with van der Waals surface area (Å²) in [5.74, 6) is 0. The Labute approximate surface area is 83.7 Å². The van der Waals surface area contributed by atoms with Crippen molar-refractivity contribution in [3.63, 3.8) is 0 Å². The number of carbonyl (C=O) groups is 1. The standard InChI is InChI=1S/C10H8F4O/c11-9(6-15)5-7-2-1-3-8(4-7)10(12,13)14/h1-4,6,9H,5H2/t9-/m1/s1. The third kappa shape index (κ3) is 3.34. The molecule has 0 saturated heterocycles. The van der Waals surface area contributed by atoms with Gasteiger partial charge in [0.05, 0.1) is 5.56 Å². The summed E-state index contributed by atoms with van der Waals surface area (Å²) in [5, 5.41) is 0. The fourth-order valence-corrected chi connectivity index (χ4v) is 1.15. The predicted octanol–water partition coefficient (Wildman–Crippen LogP) is 2.78. The second kappa shape index (κ2) is 4.42.